The predicted octanol–water partition coefficient (Wildman–Crippen LogP) is 0.996. The van der Waals surface area contributed by atoms with Crippen LogP contribution in [0.15, 0.2) is 18.3 Å². The van der Waals surface area contributed by atoms with Crippen molar-refractivity contribution in [2.45, 2.75) is 26.9 Å². The fourth-order valence-corrected chi connectivity index (χ4v) is 1.68. The van der Waals surface area contributed by atoms with Gasteiger partial charge in [-0.2, -0.15) is 0 Å². The van der Waals surface area contributed by atoms with Crippen molar-refractivity contribution in [2.75, 3.05) is 26.8 Å². The molecular formula is C14H25N3O2. The molecule has 108 valence electrons. The highest BCUT2D eigenvalue weighted by Crippen LogP contribution is 2.02. The van der Waals surface area contributed by atoms with Gasteiger partial charge in [0.15, 0.2) is 0 Å². The summed E-state index contributed by atoms with van der Waals surface area (Å²) in [5.74, 6) is 0.534. The number of hydrogen-bond donors (Lipinski definition) is 2. The lowest BCUT2D eigenvalue weighted by molar-refractivity contribution is -0.121. The maximum atomic E-state index is 11.8. The standard InChI is InChI=1S/C14H25N3O2/c1-12(2)9-16-14(18)11-17-7-4-5-13(17)10-15-6-8-19-3/h4-5,7,12,15H,6,8-11H2,1-3H3,(H,16,18). The lowest BCUT2D eigenvalue weighted by Crippen LogP contribution is -2.31. The van der Waals surface area contributed by atoms with Crippen molar-refractivity contribution >= 4 is 5.91 Å². The number of carbonyl (C=O) groups excluding carboxylic acids is 1. The van der Waals surface area contributed by atoms with Crippen LogP contribution in [-0.4, -0.2) is 37.3 Å². The second-order valence-corrected chi connectivity index (χ2v) is 4.99. The Balaban J connectivity index is 2.37. The van der Waals surface area contributed by atoms with Crippen molar-refractivity contribution in [3.8, 4) is 0 Å². The Morgan fingerprint density at radius 1 is 1.47 bits per heavy atom. The zero-order chi connectivity index (χ0) is 14.1. The number of nitrogens with one attached hydrogen (secondary N) is 2. The van der Waals surface area contributed by atoms with Gasteiger partial charge in [0.1, 0.15) is 6.54 Å². The highest BCUT2D eigenvalue weighted by Gasteiger charge is 2.06. The molecule has 0 fully saturated rings. The van der Waals surface area contributed by atoms with Crippen molar-refractivity contribution in [3.05, 3.63) is 24.0 Å². The van der Waals surface area contributed by atoms with Gasteiger partial charge in [0.2, 0.25) is 5.91 Å². The monoisotopic (exact) mass is 267 g/mol. The highest BCUT2D eigenvalue weighted by atomic mass is 16.5. The minimum absolute atomic E-state index is 0.0584. The molecule has 19 heavy (non-hydrogen) atoms. The molecule has 0 aliphatic carbocycles. The van der Waals surface area contributed by atoms with Crippen LogP contribution in [0.4, 0.5) is 0 Å². The third kappa shape index (κ3) is 6.40. The number of methoxy groups -OCH3 is 1. The number of amides is 1. The van der Waals surface area contributed by atoms with Crippen molar-refractivity contribution in [1.29, 1.82) is 0 Å². The summed E-state index contributed by atoms with van der Waals surface area (Å²) >= 11 is 0. The molecule has 1 rings (SSSR count). The van der Waals surface area contributed by atoms with Gasteiger partial charge in [0.25, 0.3) is 0 Å². The molecular weight excluding hydrogens is 242 g/mol. The van der Waals surface area contributed by atoms with Crippen LogP contribution in [0.2, 0.25) is 0 Å². The van der Waals surface area contributed by atoms with Crippen molar-refractivity contribution < 1.29 is 9.53 Å². The van der Waals surface area contributed by atoms with E-state index in [0.29, 0.717) is 19.1 Å². The summed E-state index contributed by atoms with van der Waals surface area (Å²) < 4.78 is 6.94. The highest BCUT2D eigenvalue weighted by molar-refractivity contribution is 5.75. The van der Waals surface area contributed by atoms with Gasteiger partial charge in [-0.25, -0.2) is 0 Å². The Kier molecular flexibility index (Phi) is 7.22. The van der Waals surface area contributed by atoms with E-state index >= 15 is 0 Å². The van der Waals surface area contributed by atoms with Crippen molar-refractivity contribution in [2.24, 2.45) is 5.92 Å². The van der Waals surface area contributed by atoms with E-state index in [-0.39, 0.29) is 5.91 Å². The number of carbonyl (C=O) groups is 1. The fourth-order valence-electron chi connectivity index (χ4n) is 1.68. The molecule has 5 nitrogen and oxygen atoms in total. The zero-order valence-corrected chi connectivity index (χ0v) is 12.1. The number of hydrogen-bond acceptors (Lipinski definition) is 3. The molecule has 0 spiro atoms. The molecule has 2 N–H and O–H groups in total. The Hall–Kier alpha value is -1.33. The Morgan fingerprint density at radius 3 is 2.95 bits per heavy atom. The molecule has 1 amide bonds. The smallest absolute Gasteiger partial charge is 0.239 e. The van der Waals surface area contributed by atoms with E-state index < -0.39 is 0 Å². The van der Waals surface area contributed by atoms with Crippen LogP contribution in [0.25, 0.3) is 0 Å². The van der Waals surface area contributed by atoms with Gasteiger partial charge in [-0.1, -0.05) is 13.8 Å². The van der Waals surface area contributed by atoms with Crippen LogP contribution in [0.3, 0.4) is 0 Å². The van der Waals surface area contributed by atoms with Gasteiger partial charge in [-0.3, -0.25) is 4.79 Å². The molecule has 0 saturated carbocycles. The molecule has 0 bridgehead atoms. The van der Waals surface area contributed by atoms with E-state index in [1.54, 1.807) is 7.11 Å². The van der Waals surface area contributed by atoms with Crippen LogP contribution in [0.5, 0.6) is 0 Å². The van der Waals surface area contributed by atoms with Crippen LogP contribution >= 0.6 is 0 Å². The van der Waals surface area contributed by atoms with E-state index in [1.165, 1.54) is 0 Å². The average molecular weight is 267 g/mol. The predicted molar refractivity (Wildman–Crippen MR) is 75.9 cm³/mol. The summed E-state index contributed by atoms with van der Waals surface area (Å²) in [4.78, 5) is 11.8. The largest absolute Gasteiger partial charge is 0.383 e. The third-order valence-corrected chi connectivity index (χ3v) is 2.73. The van der Waals surface area contributed by atoms with E-state index in [2.05, 4.69) is 24.5 Å². The maximum absolute atomic E-state index is 11.8. The summed E-state index contributed by atoms with van der Waals surface area (Å²) in [6, 6.07) is 3.98. The Bertz CT molecular complexity index is 375. The van der Waals surface area contributed by atoms with Gasteiger partial charge in [-0.15, -0.1) is 0 Å². The Morgan fingerprint density at radius 2 is 2.26 bits per heavy atom. The molecule has 1 heterocycles. The fraction of sp³-hybridized carbons (Fsp3) is 0.643. The van der Waals surface area contributed by atoms with E-state index in [4.69, 9.17) is 4.74 Å². The molecule has 0 atom stereocenters. The number of rotatable bonds is 9. The molecule has 0 aliphatic rings. The second kappa shape index (κ2) is 8.72. The van der Waals surface area contributed by atoms with Crippen molar-refractivity contribution in [3.63, 3.8) is 0 Å². The minimum atomic E-state index is 0.0584. The van der Waals surface area contributed by atoms with Gasteiger partial charge >= 0.3 is 0 Å². The summed E-state index contributed by atoms with van der Waals surface area (Å²) in [6.07, 6.45) is 1.93. The van der Waals surface area contributed by atoms with Crippen LogP contribution in [-0.2, 0) is 22.6 Å². The first kappa shape index (κ1) is 15.7. The van der Waals surface area contributed by atoms with E-state index in [0.717, 1.165) is 25.3 Å². The molecule has 0 radical (unpaired) electrons. The SMILES string of the molecule is COCCNCc1cccn1CC(=O)NCC(C)C. The quantitative estimate of drug-likeness (QED) is 0.656. The number of aromatic nitrogens is 1. The molecule has 0 aliphatic heterocycles. The van der Waals surface area contributed by atoms with Crippen molar-refractivity contribution in [1.82, 2.24) is 15.2 Å². The molecule has 1 aromatic heterocycles. The summed E-state index contributed by atoms with van der Waals surface area (Å²) in [7, 11) is 1.68. The van der Waals surface area contributed by atoms with Gasteiger partial charge in [-0.05, 0) is 18.1 Å². The molecule has 0 aromatic carbocycles. The minimum Gasteiger partial charge on any atom is -0.383 e. The summed E-state index contributed by atoms with van der Waals surface area (Å²) in [6.45, 7) is 7.51. The van der Waals surface area contributed by atoms with Gasteiger partial charge < -0.3 is 19.9 Å². The van der Waals surface area contributed by atoms with E-state index in [1.807, 2.05) is 22.9 Å². The van der Waals surface area contributed by atoms with E-state index in [9.17, 15) is 4.79 Å². The van der Waals surface area contributed by atoms with Crippen LogP contribution in [0.1, 0.15) is 19.5 Å². The molecule has 0 saturated heterocycles. The average Bonchev–Trinajstić information content (AvgIpc) is 2.79. The Labute approximate surface area is 115 Å². The first-order valence-corrected chi connectivity index (χ1v) is 6.74. The molecule has 0 unspecified atom stereocenters. The van der Waals surface area contributed by atoms with Crippen LogP contribution in [0, 0.1) is 5.92 Å². The first-order valence-electron chi connectivity index (χ1n) is 6.74. The molecule has 5 heteroatoms. The maximum Gasteiger partial charge on any atom is 0.239 e. The second-order valence-electron chi connectivity index (χ2n) is 4.99. The summed E-state index contributed by atoms with van der Waals surface area (Å²) in [5.41, 5.74) is 1.11. The van der Waals surface area contributed by atoms with Crippen LogP contribution < -0.4 is 10.6 Å². The number of nitrogens with zero attached hydrogens (tertiary/aromatic N) is 1. The summed E-state index contributed by atoms with van der Waals surface area (Å²) in [5, 5.41) is 6.20. The van der Waals surface area contributed by atoms with Gasteiger partial charge in [0, 0.05) is 38.6 Å². The normalized spacial score (nSPS) is 10.9. The number of ether oxygens (including phenoxy) is 1. The lowest BCUT2D eigenvalue weighted by Gasteiger charge is -2.11. The zero-order valence-electron chi connectivity index (χ0n) is 12.1. The first-order chi connectivity index (χ1) is 9.13. The lowest BCUT2D eigenvalue weighted by atomic mass is 10.2. The molecule has 1 aromatic rings. The third-order valence-electron chi connectivity index (χ3n) is 2.73. The van der Waals surface area contributed by atoms with Gasteiger partial charge in [0.05, 0.1) is 6.61 Å². The topological polar surface area (TPSA) is 55.3 Å².